The normalized spacial score (nSPS) is 11.9. The Morgan fingerprint density at radius 3 is 2.46 bits per heavy atom. The molecule has 9 nitrogen and oxygen atoms in total. The summed E-state index contributed by atoms with van der Waals surface area (Å²) < 4.78 is 13.6. The van der Waals surface area contributed by atoms with E-state index in [1.54, 1.807) is 31.0 Å². The molecule has 1 amide bonds. The number of hydrogen-bond donors (Lipinski definition) is 1. The summed E-state index contributed by atoms with van der Waals surface area (Å²) in [6.45, 7) is 5.82. The Labute approximate surface area is 203 Å². The van der Waals surface area contributed by atoms with Gasteiger partial charge >= 0.3 is 0 Å². The van der Waals surface area contributed by atoms with Gasteiger partial charge in [-0.2, -0.15) is 10.2 Å². The summed E-state index contributed by atoms with van der Waals surface area (Å²) in [5.74, 6) is 0.957. The number of nitrogens with one attached hydrogen (secondary N) is 1. The number of ether oxygens (including phenoxy) is 2. The number of amides is 1. The molecule has 0 aliphatic rings. The summed E-state index contributed by atoms with van der Waals surface area (Å²) in [5, 5.41) is 12.7. The molecule has 4 rings (SSSR count). The van der Waals surface area contributed by atoms with Crippen molar-refractivity contribution in [1.82, 2.24) is 24.9 Å². The quantitative estimate of drug-likeness (QED) is 0.419. The number of aromatic nitrogens is 4. The average Bonchev–Trinajstić information content (AvgIpc) is 3.24. The minimum atomic E-state index is -0.781. The number of carbonyl (C=O) groups excluding carboxylic acids is 1. The molecule has 0 spiro atoms. The van der Waals surface area contributed by atoms with Gasteiger partial charge < -0.3 is 14.8 Å². The van der Waals surface area contributed by atoms with Crippen LogP contribution in [0.25, 0.3) is 16.6 Å². The first-order valence-corrected chi connectivity index (χ1v) is 11.4. The molecule has 4 aromatic rings. The molecule has 0 aliphatic heterocycles. The molecule has 0 saturated carbocycles. The lowest BCUT2D eigenvalue weighted by Gasteiger charge is -2.18. The molecule has 2 aromatic heterocycles. The molecule has 0 saturated heterocycles. The van der Waals surface area contributed by atoms with Crippen LogP contribution in [0.15, 0.2) is 53.3 Å². The van der Waals surface area contributed by atoms with Gasteiger partial charge in [0.05, 0.1) is 36.7 Å². The molecule has 0 aliphatic carbocycles. The highest BCUT2D eigenvalue weighted by Gasteiger charge is 2.25. The predicted octanol–water partition coefficient (Wildman–Crippen LogP) is 3.48. The molecule has 0 radical (unpaired) electrons. The zero-order chi connectivity index (χ0) is 25.1. The second kappa shape index (κ2) is 10.0. The third kappa shape index (κ3) is 4.49. The van der Waals surface area contributed by atoms with Crippen LogP contribution in [0.4, 0.5) is 0 Å². The maximum atomic E-state index is 13.4. The van der Waals surface area contributed by atoms with Crippen LogP contribution in [-0.2, 0) is 11.3 Å². The molecule has 1 atom stereocenters. The van der Waals surface area contributed by atoms with E-state index >= 15 is 0 Å². The van der Waals surface area contributed by atoms with Gasteiger partial charge in [-0.05, 0) is 44.5 Å². The van der Waals surface area contributed by atoms with Crippen LogP contribution in [0.2, 0.25) is 0 Å². The van der Waals surface area contributed by atoms with E-state index in [0.717, 1.165) is 16.9 Å². The van der Waals surface area contributed by atoms with E-state index < -0.39 is 11.6 Å². The Balaban J connectivity index is 1.66. The molecule has 0 bridgehead atoms. The van der Waals surface area contributed by atoms with Crippen LogP contribution in [0.3, 0.4) is 0 Å². The van der Waals surface area contributed by atoms with Crippen molar-refractivity contribution in [1.29, 1.82) is 0 Å². The van der Waals surface area contributed by atoms with Crippen molar-refractivity contribution < 1.29 is 14.3 Å². The van der Waals surface area contributed by atoms with Gasteiger partial charge in [-0.25, -0.2) is 9.36 Å². The topological polar surface area (TPSA) is 100 Å². The number of benzene rings is 2. The van der Waals surface area contributed by atoms with E-state index in [1.165, 1.54) is 4.68 Å². The van der Waals surface area contributed by atoms with Gasteiger partial charge in [0.1, 0.15) is 17.5 Å². The Morgan fingerprint density at radius 1 is 1.06 bits per heavy atom. The van der Waals surface area contributed by atoms with E-state index in [0.29, 0.717) is 34.5 Å². The summed E-state index contributed by atoms with van der Waals surface area (Å²) in [7, 11) is 3.14. The molecule has 182 valence electrons. The molecule has 1 unspecified atom stereocenters. The average molecular weight is 476 g/mol. The lowest BCUT2D eigenvalue weighted by Crippen LogP contribution is -2.38. The van der Waals surface area contributed by atoms with E-state index in [4.69, 9.17) is 9.47 Å². The standard InChI is InChI=1S/C26H29N5O4/c1-6-21(25(32)27-15-18-12-13-20(34-4)14-22(18)35-5)31-26(33)24-23(16(2)28-31)17(3)30(29-24)19-10-8-7-9-11-19/h7-14,21H,6,15H2,1-5H3,(H,27,32). The molecule has 1 N–H and O–H groups in total. The number of carbonyl (C=O) groups is 1. The largest absolute Gasteiger partial charge is 0.497 e. The zero-order valence-electron chi connectivity index (χ0n) is 20.5. The Morgan fingerprint density at radius 2 is 1.80 bits per heavy atom. The first kappa shape index (κ1) is 24.0. The maximum absolute atomic E-state index is 13.4. The number of methoxy groups -OCH3 is 2. The van der Waals surface area contributed by atoms with E-state index in [-0.39, 0.29) is 12.5 Å². The molecule has 35 heavy (non-hydrogen) atoms. The Kier molecular flexibility index (Phi) is 6.86. The van der Waals surface area contributed by atoms with Gasteiger partial charge in [0, 0.05) is 18.2 Å². The monoisotopic (exact) mass is 475 g/mol. The second-order valence-electron chi connectivity index (χ2n) is 8.21. The van der Waals surface area contributed by atoms with Gasteiger partial charge in [-0.1, -0.05) is 25.1 Å². The van der Waals surface area contributed by atoms with Crippen molar-refractivity contribution >= 4 is 16.8 Å². The molecule has 2 heterocycles. The number of rotatable bonds is 8. The number of fused-ring (bicyclic) bond motifs is 1. The SMILES string of the molecule is CCC(C(=O)NCc1ccc(OC)cc1OC)n1nc(C)c2c(C)n(-c3ccccc3)nc2c1=O. The highest BCUT2D eigenvalue weighted by Crippen LogP contribution is 2.25. The van der Waals surface area contributed by atoms with Crippen molar-refractivity contribution in [3.05, 3.63) is 75.8 Å². The predicted molar refractivity (Wildman–Crippen MR) is 133 cm³/mol. The third-order valence-electron chi connectivity index (χ3n) is 6.08. The lowest BCUT2D eigenvalue weighted by molar-refractivity contribution is -0.125. The van der Waals surface area contributed by atoms with Gasteiger partial charge in [0.15, 0.2) is 5.52 Å². The Hall–Kier alpha value is -4.14. The summed E-state index contributed by atoms with van der Waals surface area (Å²) in [5.41, 5.74) is 3.01. The minimum absolute atomic E-state index is 0.236. The highest BCUT2D eigenvalue weighted by molar-refractivity contribution is 5.84. The Bertz CT molecular complexity index is 1430. The summed E-state index contributed by atoms with van der Waals surface area (Å²) in [6.07, 6.45) is 0.391. The lowest BCUT2D eigenvalue weighted by atomic mass is 10.1. The first-order chi connectivity index (χ1) is 16.9. The zero-order valence-corrected chi connectivity index (χ0v) is 20.5. The second-order valence-corrected chi connectivity index (χ2v) is 8.21. The number of aryl methyl sites for hydroxylation is 2. The number of nitrogens with zero attached hydrogens (tertiary/aromatic N) is 4. The highest BCUT2D eigenvalue weighted by atomic mass is 16.5. The van der Waals surface area contributed by atoms with Gasteiger partial charge in [-0.3, -0.25) is 9.59 Å². The molecule has 0 fully saturated rings. The van der Waals surface area contributed by atoms with E-state index in [2.05, 4.69) is 15.5 Å². The number of hydrogen-bond acceptors (Lipinski definition) is 6. The number of para-hydroxylation sites is 1. The van der Waals surface area contributed by atoms with Crippen LogP contribution in [-0.4, -0.2) is 39.7 Å². The fourth-order valence-corrected chi connectivity index (χ4v) is 4.25. The van der Waals surface area contributed by atoms with Crippen molar-refractivity contribution in [2.75, 3.05) is 14.2 Å². The summed E-state index contributed by atoms with van der Waals surface area (Å²) >= 11 is 0. The van der Waals surface area contributed by atoms with Gasteiger partial charge in [-0.15, -0.1) is 0 Å². The van der Waals surface area contributed by atoms with E-state index in [1.807, 2.05) is 57.2 Å². The van der Waals surface area contributed by atoms with Crippen molar-refractivity contribution in [3.8, 4) is 17.2 Å². The van der Waals surface area contributed by atoms with Gasteiger partial charge in [0.2, 0.25) is 5.91 Å². The maximum Gasteiger partial charge on any atom is 0.295 e. The van der Waals surface area contributed by atoms with Crippen LogP contribution in [0, 0.1) is 13.8 Å². The molecule has 9 heteroatoms. The minimum Gasteiger partial charge on any atom is -0.497 e. The molecule has 2 aromatic carbocycles. The van der Waals surface area contributed by atoms with Crippen LogP contribution in [0.1, 0.15) is 36.3 Å². The van der Waals surface area contributed by atoms with Crippen LogP contribution in [0.5, 0.6) is 11.5 Å². The van der Waals surface area contributed by atoms with E-state index in [9.17, 15) is 9.59 Å². The fourth-order valence-electron chi connectivity index (χ4n) is 4.25. The van der Waals surface area contributed by atoms with Crippen LogP contribution < -0.4 is 20.3 Å². The van der Waals surface area contributed by atoms with Crippen LogP contribution >= 0.6 is 0 Å². The molecular formula is C26H29N5O4. The smallest absolute Gasteiger partial charge is 0.295 e. The first-order valence-electron chi connectivity index (χ1n) is 11.4. The summed E-state index contributed by atoms with van der Waals surface area (Å²) in [6, 6.07) is 14.2. The fraction of sp³-hybridized carbons (Fsp3) is 0.308. The van der Waals surface area contributed by atoms with Gasteiger partial charge in [0.25, 0.3) is 5.56 Å². The summed E-state index contributed by atoms with van der Waals surface area (Å²) in [4.78, 5) is 26.6. The van der Waals surface area contributed by atoms with Crippen molar-refractivity contribution in [2.24, 2.45) is 0 Å². The van der Waals surface area contributed by atoms with Crippen molar-refractivity contribution in [3.63, 3.8) is 0 Å². The third-order valence-corrected chi connectivity index (χ3v) is 6.08. The van der Waals surface area contributed by atoms with Crippen molar-refractivity contribution in [2.45, 2.75) is 39.8 Å². The molecular weight excluding hydrogens is 446 g/mol.